The van der Waals surface area contributed by atoms with E-state index in [2.05, 4.69) is 21.3 Å². The summed E-state index contributed by atoms with van der Waals surface area (Å²) in [4.78, 5) is 21.9. The Morgan fingerprint density at radius 1 is 1.48 bits per heavy atom. The molecule has 134 valence electrons. The first-order chi connectivity index (χ1) is 12.1. The minimum Gasteiger partial charge on any atom is -0.373 e. The number of hydrogen-bond donors (Lipinski definition) is 0. The van der Waals surface area contributed by atoms with Crippen LogP contribution in [0.4, 0.5) is 0 Å². The predicted molar refractivity (Wildman–Crippen MR) is 93.9 cm³/mol. The first-order valence-corrected chi connectivity index (χ1v) is 9.96. The van der Waals surface area contributed by atoms with Crippen molar-refractivity contribution in [3.8, 4) is 6.07 Å². The Morgan fingerprint density at radius 2 is 2.28 bits per heavy atom. The molecule has 25 heavy (non-hydrogen) atoms. The number of morpholine rings is 1. The fourth-order valence-electron chi connectivity index (χ4n) is 4.46. The van der Waals surface area contributed by atoms with E-state index < -0.39 is 5.41 Å². The molecule has 0 unspecified atom stereocenters. The number of aromatic nitrogens is 1. The number of carbonyl (C=O) groups excluding carboxylic acids is 1. The molecular formula is C18H24N4O2S. The van der Waals surface area contributed by atoms with E-state index in [1.54, 1.807) is 11.3 Å². The van der Waals surface area contributed by atoms with Crippen LogP contribution in [-0.4, -0.2) is 59.1 Å². The summed E-state index contributed by atoms with van der Waals surface area (Å²) < 4.78 is 5.95. The van der Waals surface area contributed by atoms with Gasteiger partial charge in [-0.15, -0.1) is 11.3 Å². The lowest BCUT2D eigenvalue weighted by atomic mass is 9.86. The molecule has 0 N–H and O–H groups in total. The molecule has 7 heteroatoms. The number of fused-ring (bicyclic) bond motifs is 1. The Bertz CT molecular complexity index is 691. The van der Waals surface area contributed by atoms with Crippen molar-refractivity contribution in [1.29, 1.82) is 5.26 Å². The summed E-state index contributed by atoms with van der Waals surface area (Å²) in [5.41, 5.74) is 0.307. The summed E-state index contributed by atoms with van der Waals surface area (Å²) in [5.74, 6) is 0.0231. The number of nitrogens with zero attached hydrogens (tertiary/aromatic N) is 4. The van der Waals surface area contributed by atoms with Gasteiger partial charge in [-0.05, 0) is 19.8 Å². The average molecular weight is 360 g/mol. The van der Waals surface area contributed by atoms with Gasteiger partial charge in [-0.3, -0.25) is 9.69 Å². The predicted octanol–water partition coefficient (Wildman–Crippen LogP) is 1.95. The molecule has 6 nitrogen and oxygen atoms in total. The molecule has 4 rings (SSSR count). The second kappa shape index (κ2) is 6.67. The highest BCUT2D eigenvalue weighted by Crippen LogP contribution is 2.40. The molecule has 3 fully saturated rings. The molecular weight excluding hydrogens is 336 g/mol. The van der Waals surface area contributed by atoms with Crippen LogP contribution in [0.2, 0.25) is 0 Å². The lowest BCUT2D eigenvalue weighted by Gasteiger charge is -2.36. The van der Waals surface area contributed by atoms with Crippen LogP contribution in [0.25, 0.3) is 0 Å². The molecule has 1 saturated carbocycles. The van der Waals surface area contributed by atoms with Gasteiger partial charge in [-0.25, -0.2) is 4.98 Å². The Balaban J connectivity index is 1.47. The van der Waals surface area contributed by atoms with Crippen molar-refractivity contribution < 1.29 is 9.53 Å². The fourth-order valence-corrected chi connectivity index (χ4v) is 5.07. The first-order valence-electron chi connectivity index (χ1n) is 9.09. The molecule has 2 saturated heterocycles. The number of likely N-dealkylation sites (tertiary alicyclic amines) is 1. The van der Waals surface area contributed by atoms with E-state index in [1.807, 2.05) is 11.8 Å². The zero-order valence-corrected chi connectivity index (χ0v) is 15.4. The first kappa shape index (κ1) is 17.0. The molecule has 1 aromatic rings. The molecule has 0 bridgehead atoms. The summed E-state index contributed by atoms with van der Waals surface area (Å²) >= 11 is 1.67. The minimum absolute atomic E-state index is 0.0231. The van der Waals surface area contributed by atoms with Crippen molar-refractivity contribution in [3.05, 3.63) is 16.1 Å². The third kappa shape index (κ3) is 3.07. The van der Waals surface area contributed by atoms with Gasteiger partial charge in [0.2, 0.25) is 5.91 Å². The highest BCUT2D eigenvalue weighted by molar-refractivity contribution is 7.09. The smallest absolute Gasteiger partial charge is 0.243 e. The zero-order valence-electron chi connectivity index (χ0n) is 14.6. The third-order valence-electron chi connectivity index (χ3n) is 5.82. The summed E-state index contributed by atoms with van der Waals surface area (Å²) in [7, 11) is 0. The van der Waals surface area contributed by atoms with Crippen LogP contribution in [0.1, 0.15) is 36.4 Å². The van der Waals surface area contributed by atoms with E-state index in [0.29, 0.717) is 32.5 Å². The number of aryl methyl sites for hydroxylation is 1. The van der Waals surface area contributed by atoms with Crippen molar-refractivity contribution in [2.75, 3.05) is 26.2 Å². The number of rotatable bonds is 3. The number of nitriles is 1. The van der Waals surface area contributed by atoms with Crippen LogP contribution in [-0.2, 0) is 16.1 Å². The van der Waals surface area contributed by atoms with Gasteiger partial charge in [0.15, 0.2) is 0 Å². The third-order valence-corrected chi connectivity index (χ3v) is 6.64. The number of amides is 1. The van der Waals surface area contributed by atoms with Crippen molar-refractivity contribution >= 4 is 17.2 Å². The van der Waals surface area contributed by atoms with Crippen molar-refractivity contribution in [2.45, 2.75) is 51.3 Å². The van der Waals surface area contributed by atoms with Gasteiger partial charge in [0, 0.05) is 31.6 Å². The van der Waals surface area contributed by atoms with Crippen LogP contribution >= 0.6 is 11.3 Å². The Kier molecular flexibility index (Phi) is 4.52. The molecule has 1 aromatic heterocycles. The molecule has 0 spiro atoms. The Labute approximate surface area is 152 Å². The lowest BCUT2D eigenvalue weighted by Crippen LogP contribution is -2.50. The minimum atomic E-state index is -0.787. The number of ether oxygens (including phenoxy) is 1. The molecule has 3 aliphatic rings. The van der Waals surface area contributed by atoms with Crippen LogP contribution in [0.3, 0.4) is 0 Å². The molecule has 3 heterocycles. The highest BCUT2D eigenvalue weighted by atomic mass is 32.1. The van der Waals surface area contributed by atoms with E-state index in [-0.39, 0.29) is 18.1 Å². The fraction of sp³-hybridized carbons (Fsp3) is 0.722. The van der Waals surface area contributed by atoms with Gasteiger partial charge in [0.05, 0.1) is 35.5 Å². The number of carbonyl (C=O) groups is 1. The van der Waals surface area contributed by atoms with Crippen LogP contribution in [0, 0.1) is 23.7 Å². The second-order valence-corrected chi connectivity index (χ2v) is 8.48. The quantitative estimate of drug-likeness (QED) is 0.824. The second-order valence-electron chi connectivity index (χ2n) is 7.42. The molecule has 1 aliphatic carbocycles. The maximum Gasteiger partial charge on any atom is 0.243 e. The van der Waals surface area contributed by atoms with Crippen LogP contribution in [0.5, 0.6) is 0 Å². The van der Waals surface area contributed by atoms with Gasteiger partial charge in [0.25, 0.3) is 0 Å². The largest absolute Gasteiger partial charge is 0.373 e. The van der Waals surface area contributed by atoms with E-state index in [4.69, 9.17) is 4.74 Å². The zero-order chi connectivity index (χ0) is 17.4. The van der Waals surface area contributed by atoms with E-state index in [1.165, 1.54) is 0 Å². The number of thiazole rings is 1. The van der Waals surface area contributed by atoms with Gasteiger partial charge >= 0.3 is 0 Å². The Hall–Kier alpha value is -1.49. The number of hydrogen-bond acceptors (Lipinski definition) is 6. The van der Waals surface area contributed by atoms with Gasteiger partial charge in [0.1, 0.15) is 5.41 Å². The SMILES string of the molecule is Cc1nc(CN2CCO[C@H]3CN(C(=O)C4(C#N)CCCC4)C[C@H]32)cs1. The summed E-state index contributed by atoms with van der Waals surface area (Å²) in [6, 6.07) is 2.54. The molecule has 1 amide bonds. The van der Waals surface area contributed by atoms with Crippen molar-refractivity contribution in [2.24, 2.45) is 5.41 Å². The van der Waals surface area contributed by atoms with E-state index in [0.717, 1.165) is 36.6 Å². The van der Waals surface area contributed by atoms with Gasteiger partial charge < -0.3 is 9.64 Å². The molecule has 2 atom stereocenters. The lowest BCUT2D eigenvalue weighted by molar-refractivity contribution is -0.138. The van der Waals surface area contributed by atoms with Gasteiger partial charge in [-0.1, -0.05) is 12.8 Å². The summed E-state index contributed by atoms with van der Waals surface area (Å²) in [6.07, 6.45) is 3.42. The van der Waals surface area contributed by atoms with Crippen molar-refractivity contribution in [3.63, 3.8) is 0 Å². The van der Waals surface area contributed by atoms with Crippen LogP contribution < -0.4 is 0 Å². The van der Waals surface area contributed by atoms with Gasteiger partial charge in [-0.2, -0.15) is 5.26 Å². The topological polar surface area (TPSA) is 69.5 Å². The average Bonchev–Trinajstić information content (AvgIpc) is 3.34. The standard InChI is InChI=1S/C18H24N4O2S/c1-13-20-14(11-25-13)8-21-6-7-24-16-10-22(9-15(16)21)17(23)18(12-19)4-2-3-5-18/h11,15-16H,2-10H2,1H3/t15-,16+/m1/s1. The maximum atomic E-state index is 13.0. The van der Waals surface area contributed by atoms with Crippen molar-refractivity contribution in [1.82, 2.24) is 14.8 Å². The normalized spacial score (nSPS) is 28.7. The van der Waals surface area contributed by atoms with E-state index >= 15 is 0 Å². The summed E-state index contributed by atoms with van der Waals surface area (Å²) in [5, 5.41) is 12.8. The molecule has 2 aliphatic heterocycles. The van der Waals surface area contributed by atoms with Crippen LogP contribution in [0.15, 0.2) is 5.38 Å². The monoisotopic (exact) mass is 360 g/mol. The van der Waals surface area contributed by atoms with E-state index in [9.17, 15) is 10.1 Å². The highest BCUT2D eigenvalue weighted by Gasteiger charge is 2.49. The molecule has 0 aromatic carbocycles. The molecule has 0 radical (unpaired) electrons. The Morgan fingerprint density at radius 3 is 2.96 bits per heavy atom. The summed E-state index contributed by atoms with van der Waals surface area (Å²) in [6.45, 7) is 5.66. The maximum absolute atomic E-state index is 13.0.